The number of likely N-dealkylation sites (tertiary alicyclic amines) is 1. The summed E-state index contributed by atoms with van der Waals surface area (Å²) in [6, 6.07) is 10.7. The summed E-state index contributed by atoms with van der Waals surface area (Å²) in [7, 11) is 0. The summed E-state index contributed by atoms with van der Waals surface area (Å²) < 4.78 is 2.31. The van der Waals surface area contributed by atoms with E-state index < -0.39 is 0 Å². The molecule has 2 saturated heterocycles. The number of hydrogen-bond donors (Lipinski definition) is 0. The lowest BCUT2D eigenvalue weighted by Crippen LogP contribution is -2.38. The number of nitrogens with zero attached hydrogens (tertiary/aromatic N) is 5. The van der Waals surface area contributed by atoms with Gasteiger partial charge in [-0.3, -0.25) is 9.36 Å². The van der Waals surface area contributed by atoms with Crippen molar-refractivity contribution in [3.05, 3.63) is 35.9 Å². The summed E-state index contributed by atoms with van der Waals surface area (Å²) in [5.74, 6) is 1.22. The van der Waals surface area contributed by atoms with Gasteiger partial charge in [0.2, 0.25) is 11.9 Å². The number of aromatic nitrogens is 3. The maximum atomic E-state index is 13.5. The van der Waals surface area contributed by atoms with Crippen molar-refractivity contribution < 1.29 is 4.79 Å². The highest BCUT2D eigenvalue weighted by atomic mass is 32.2. The van der Waals surface area contributed by atoms with E-state index in [1.807, 2.05) is 23.1 Å². The van der Waals surface area contributed by atoms with Crippen LogP contribution in [0.1, 0.15) is 61.8 Å². The molecule has 3 aliphatic rings. The molecule has 1 aliphatic carbocycles. The molecule has 0 spiro atoms. The second-order valence-electron chi connectivity index (χ2n) is 8.37. The standard InChI is InChI=1S/C22H29N5OS/c28-20(25-13-5-2-6-14-25)19(17-9-3-1-4-10-17)29-22-24-23-21(26-15-7-8-16-26)27(22)18-11-12-18/h1,3-4,9-10,18-19H,2,5-8,11-16H2/t19-/m1/s1. The number of thioether (sulfide) groups is 1. The quantitative estimate of drug-likeness (QED) is 0.671. The zero-order chi connectivity index (χ0) is 19.6. The van der Waals surface area contributed by atoms with Gasteiger partial charge in [-0.1, -0.05) is 42.1 Å². The molecule has 2 aromatic rings. The number of carbonyl (C=O) groups excluding carboxylic acids is 1. The van der Waals surface area contributed by atoms with Crippen LogP contribution in [-0.4, -0.2) is 51.8 Å². The van der Waals surface area contributed by atoms with Crippen molar-refractivity contribution in [2.75, 3.05) is 31.1 Å². The fourth-order valence-corrected chi connectivity index (χ4v) is 5.60. The van der Waals surface area contributed by atoms with E-state index in [0.29, 0.717) is 6.04 Å². The van der Waals surface area contributed by atoms with Crippen molar-refractivity contribution in [1.82, 2.24) is 19.7 Å². The largest absolute Gasteiger partial charge is 0.341 e. The highest BCUT2D eigenvalue weighted by molar-refractivity contribution is 8.00. The maximum absolute atomic E-state index is 13.5. The molecular formula is C22H29N5OS. The first-order valence-corrected chi connectivity index (χ1v) is 11.9. The average Bonchev–Trinajstić information content (AvgIpc) is 3.30. The van der Waals surface area contributed by atoms with E-state index >= 15 is 0 Å². The molecular weight excluding hydrogens is 382 g/mol. The summed E-state index contributed by atoms with van der Waals surface area (Å²) in [4.78, 5) is 17.9. The first kappa shape index (κ1) is 19.0. The van der Waals surface area contributed by atoms with Crippen molar-refractivity contribution in [3.63, 3.8) is 0 Å². The topological polar surface area (TPSA) is 54.3 Å². The van der Waals surface area contributed by atoms with Crippen molar-refractivity contribution in [3.8, 4) is 0 Å². The van der Waals surface area contributed by atoms with Gasteiger partial charge in [-0.05, 0) is 50.5 Å². The van der Waals surface area contributed by atoms with Gasteiger partial charge in [-0.25, -0.2) is 0 Å². The molecule has 1 aromatic heterocycles. The lowest BCUT2D eigenvalue weighted by molar-refractivity contribution is -0.131. The monoisotopic (exact) mass is 411 g/mol. The maximum Gasteiger partial charge on any atom is 0.240 e. The molecule has 0 unspecified atom stereocenters. The fraction of sp³-hybridized carbons (Fsp3) is 0.591. The van der Waals surface area contributed by atoms with E-state index in [9.17, 15) is 4.79 Å². The third-order valence-corrected chi connectivity index (χ3v) is 7.36. The molecule has 29 heavy (non-hydrogen) atoms. The van der Waals surface area contributed by atoms with Crippen molar-refractivity contribution in [2.24, 2.45) is 0 Å². The second kappa shape index (κ2) is 8.38. The zero-order valence-corrected chi connectivity index (χ0v) is 17.7. The molecule has 0 N–H and O–H groups in total. The Labute approximate surface area is 176 Å². The van der Waals surface area contributed by atoms with E-state index in [1.165, 1.54) is 32.1 Å². The van der Waals surface area contributed by atoms with Gasteiger partial charge < -0.3 is 9.80 Å². The fourth-order valence-electron chi connectivity index (χ4n) is 4.41. The molecule has 0 bridgehead atoms. The third kappa shape index (κ3) is 4.02. The van der Waals surface area contributed by atoms with Crippen LogP contribution in [0.3, 0.4) is 0 Å². The Balaban J connectivity index is 1.45. The molecule has 0 radical (unpaired) electrons. The van der Waals surface area contributed by atoms with Crippen LogP contribution < -0.4 is 4.90 Å². The van der Waals surface area contributed by atoms with Crippen LogP contribution in [0, 0.1) is 0 Å². The van der Waals surface area contributed by atoms with Crippen LogP contribution >= 0.6 is 11.8 Å². The smallest absolute Gasteiger partial charge is 0.240 e. The minimum Gasteiger partial charge on any atom is -0.341 e. The van der Waals surface area contributed by atoms with E-state index in [1.54, 1.807) is 11.8 Å². The molecule has 1 aromatic carbocycles. The summed E-state index contributed by atoms with van der Waals surface area (Å²) in [5.41, 5.74) is 1.06. The third-order valence-electron chi connectivity index (χ3n) is 6.17. The van der Waals surface area contributed by atoms with Gasteiger partial charge in [0.1, 0.15) is 5.25 Å². The van der Waals surface area contributed by atoms with Gasteiger partial charge in [0.25, 0.3) is 0 Å². The van der Waals surface area contributed by atoms with Gasteiger partial charge in [-0.2, -0.15) is 0 Å². The normalized spacial score (nSPS) is 20.8. The van der Waals surface area contributed by atoms with E-state index in [-0.39, 0.29) is 11.2 Å². The molecule has 3 fully saturated rings. The lowest BCUT2D eigenvalue weighted by Gasteiger charge is -2.30. The van der Waals surface area contributed by atoms with Crippen LogP contribution in [0.4, 0.5) is 5.95 Å². The van der Waals surface area contributed by atoms with Gasteiger partial charge in [-0.15, -0.1) is 10.2 Å². The second-order valence-corrected chi connectivity index (χ2v) is 9.44. The minimum absolute atomic E-state index is 0.217. The summed E-state index contributed by atoms with van der Waals surface area (Å²) in [6.07, 6.45) is 8.25. The Hall–Kier alpha value is -2.02. The Morgan fingerprint density at radius 1 is 0.931 bits per heavy atom. The summed E-state index contributed by atoms with van der Waals surface area (Å²) >= 11 is 1.59. The number of anilines is 1. The Kier molecular flexibility index (Phi) is 5.48. The molecule has 154 valence electrons. The molecule has 1 amide bonds. The van der Waals surface area contributed by atoms with Gasteiger partial charge in [0.05, 0.1) is 0 Å². The van der Waals surface area contributed by atoms with Gasteiger partial charge >= 0.3 is 0 Å². The summed E-state index contributed by atoms with van der Waals surface area (Å²) in [6.45, 7) is 3.86. The Morgan fingerprint density at radius 2 is 1.62 bits per heavy atom. The minimum atomic E-state index is -0.262. The number of hydrogen-bond acceptors (Lipinski definition) is 5. The van der Waals surface area contributed by atoms with Gasteiger partial charge in [0, 0.05) is 32.2 Å². The molecule has 1 atom stereocenters. The van der Waals surface area contributed by atoms with E-state index in [0.717, 1.165) is 55.7 Å². The predicted octanol–water partition coefficient (Wildman–Crippen LogP) is 4.06. The van der Waals surface area contributed by atoms with Crippen molar-refractivity contribution in [2.45, 2.75) is 61.4 Å². The van der Waals surface area contributed by atoms with Crippen molar-refractivity contribution in [1.29, 1.82) is 0 Å². The van der Waals surface area contributed by atoms with Crippen molar-refractivity contribution >= 4 is 23.6 Å². The van der Waals surface area contributed by atoms with Crippen LogP contribution in [-0.2, 0) is 4.79 Å². The first-order valence-electron chi connectivity index (χ1n) is 11.0. The number of benzene rings is 1. The Bertz CT molecular complexity index is 838. The highest BCUT2D eigenvalue weighted by Gasteiger charge is 2.35. The zero-order valence-electron chi connectivity index (χ0n) is 16.9. The van der Waals surface area contributed by atoms with Crippen LogP contribution in [0.2, 0.25) is 0 Å². The number of piperidine rings is 1. The molecule has 2 aliphatic heterocycles. The highest BCUT2D eigenvalue weighted by Crippen LogP contribution is 2.45. The Morgan fingerprint density at radius 3 is 2.31 bits per heavy atom. The predicted molar refractivity (Wildman–Crippen MR) is 115 cm³/mol. The van der Waals surface area contributed by atoms with E-state index in [2.05, 4.69) is 31.8 Å². The molecule has 1 saturated carbocycles. The van der Waals surface area contributed by atoms with Gasteiger partial charge in [0.15, 0.2) is 5.16 Å². The number of rotatable bonds is 6. The number of amides is 1. The number of carbonyl (C=O) groups is 1. The molecule has 5 rings (SSSR count). The first-order chi connectivity index (χ1) is 14.3. The van der Waals surface area contributed by atoms with Crippen LogP contribution in [0.15, 0.2) is 35.5 Å². The lowest BCUT2D eigenvalue weighted by atomic mass is 10.1. The summed E-state index contributed by atoms with van der Waals surface area (Å²) in [5, 5.41) is 9.78. The van der Waals surface area contributed by atoms with Crippen LogP contribution in [0.5, 0.6) is 0 Å². The molecule has 6 nitrogen and oxygen atoms in total. The molecule has 3 heterocycles. The van der Waals surface area contributed by atoms with E-state index in [4.69, 9.17) is 0 Å². The van der Waals surface area contributed by atoms with Crippen LogP contribution in [0.25, 0.3) is 0 Å². The SMILES string of the molecule is O=C([C@H](Sc1nnc(N2CCCC2)n1C1CC1)c1ccccc1)N1CCCCC1. The average molecular weight is 412 g/mol. The molecule has 7 heteroatoms.